The summed E-state index contributed by atoms with van der Waals surface area (Å²) in [6.07, 6.45) is 5.80. The molecule has 2 nitrogen and oxygen atoms in total. The van der Waals surface area contributed by atoms with Gasteiger partial charge in [-0.25, -0.2) is 0 Å². The van der Waals surface area contributed by atoms with Gasteiger partial charge < -0.3 is 9.47 Å². The van der Waals surface area contributed by atoms with E-state index in [0.29, 0.717) is 6.42 Å². The molecule has 0 aromatic carbocycles. The smallest absolute Gasteiger partial charge is 0.232 e. The van der Waals surface area contributed by atoms with Crippen LogP contribution in [0, 0.1) is 12.3 Å². The van der Waals surface area contributed by atoms with Crippen molar-refractivity contribution in [3.05, 3.63) is 0 Å². The van der Waals surface area contributed by atoms with Gasteiger partial charge in [-0.05, 0) is 5.92 Å². The molecule has 0 bridgehead atoms. The Morgan fingerprint density at radius 3 is 1.89 bits per heavy atom. The topological polar surface area (TPSA) is 18.5 Å². The van der Waals surface area contributed by atoms with Crippen LogP contribution in [0.4, 0.5) is 0 Å². The van der Waals surface area contributed by atoms with E-state index in [1.165, 1.54) is 14.2 Å². The number of rotatable bonds is 3. The van der Waals surface area contributed by atoms with Crippen molar-refractivity contribution in [3.8, 4) is 12.3 Å². The number of methoxy groups -OCH3 is 2. The molecule has 0 atom stereocenters. The quantitative estimate of drug-likeness (QED) is 0.417. The summed E-state index contributed by atoms with van der Waals surface area (Å²) in [7, 11) is 3.07. The normalized spacial score (nSPS) is 10.9. The minimum atomic E-state index is -0.806. The SMILES string of the molecule is C#CC(CC)(OC)OC. The average Bonchev–Trinajstić information content (AvgIpc) is 1.95. The van der Waals surface area contributed by atoms with Crippen molar-refractivity contribution < 1.29 is 9.47 Å². The Balaban J connectivity index is 4.04. The molecule has 0 rings (SSSR count). The lowest BCUT2D eigenvalue weighted by atomic mass is 10.2. The van der Waals surface area contributed by atoms with Gasteiger partial charge in [0, 0.05) is 20.6 Å². The minimum absolute atomic E-state index is 0.663. The fraction of sp³-hybridized carbons (Fsp3) is 0.714. The first-order chi connectivity index (χ1) is 4.24. The number of hydrogen-bond acceptors (Lipinski definition) is 2. The Bertz CT molecular complexity index is 100. The van der Waals surface area contributed by atoms with Crippen LogP contribution in [0.25, 0.3) is 0 Å². The van der Waals surface area contributed by atoms with Crippen LogP contribution in [-0.4, -0.2) is 20.0 Å². The molecule has 0 heterocycles. The standard InChI is InChI=1S/C7H12O2/c1-5-7(6-2,8-3)9-4/h1H,6H2,2-4H3. The Morgan fingerprint density at radius 1 is 1.44 bits per heavy atom. The van der Waals surface area contributed by atoms with Crippen LogP contribution in [0.15, 0.2) is 0 Å². The summed E-state index contributed by atoms with van der Waals surface area (Å²) in [5, 5.41) is 0. The molecule has 0 amide bonds. The van der Waals surface area contributed by atoms with Gasteiger partial charge in [-0.15, -0.1) is 6.42 Å². The number of hydrogen-bond donors (Lipinski definition) is 0. The third-order valence-corrected chi connectivity index (χ3v) is 1.34. The zero-order valence-corrected chi connectivity index (χ0v) is 6.10. The molecule has 0 saturated heterocycles. The molecule has 0 unspecified atom stereocenters. The molecule has 52 valence electrons. The van der Waals surface area contributed by atoms with Crippen molar-refractivity contribution in [1.29, 1.82) is 0 Å². The van der Waals surface area contributed by atoms with E-state index in [1.807, 2.05) is 6.92 Å². The predicted molar refractivity (Wildman–Crippen MR) is 35.9 cm³/mol. The molecule has 0 aromatic rings. The second kappa shape index (κ2) is 3.49. The Morgan fingerprint density at radius 2 is 1.89 bits per heavy atom. The molecule has 0 radical (unpaired) electrons. The summed E-state index contributed by atoms with van der Waals surface area (Å²) in [6, 6.07) is 0. The molecule has 0 aromatic heterocycles. The van der Waals surface area contributed by atoms with Crippen molar-refractivity contribution in [2.24, 2.45) is 0 Å². The summed E-state index contributed by atoms with van der Waals surface area (Å²) in [5.74, 6) is 1.61. The van der Waals surface area contributed by atoms with Crippen molar-refractivity contribution in [3.63, 3.8) is 0 Å². The first kappa shape index (κ1) is 8.48. The van der Waals surface area contributed by atoms with Gasteiger partial charge in [0.25, 0.3) is 0 Å². The van der Waals surface area contributed by atoms with Gasteiger partial charge in [-0.3, -0.25) is 0 Å². The van der Waals surface area contributed by atoms with Gasteiger partial charge in [-0.1, -0.05) is 6.92 Å². The van der Waals surface area contributed by atoms with E-state index in [0.717, 1.165) is 0 Å². The van der Waals surface area contributed by atoms with Crippen molar-refractivity contribution in [1.82, 2.24) is 0 Å². The Kier molecular flexibility index (Phi) is 3.29. The zero-order chi connectivity index (χ0) is 7.33. The fourth-order valence-corrected chi connectivity index (χ4v) is 0.592. The summed E-state index contributed by atoms with van der Waals surface area (Å²) < 4.78 is 9.85. The maximum Gasteiger partial charge on any atom is 0.232 e. The highest BCUT2D eigenvalue weighted by Gasteiger charge is 2.22. The second-order valence-electron chi connectivity index (χ2n) is 1.66. The molecule has 0 aliphatic carbocycles. The minimum Gasteiger partial charge on any atom is -0.343 e. The summed E-state index contributed by atoms with van der Waals surface area (Å²) in [6.45, 7) is 1.91. The molecule has 0 spiro atoms. The highest BCUT2D eigenvalue weighted by Crippen LogP contribution is 2.12. The first-order valence-electron chi connectivity index (χ1n) is 2.82. The lowest BCUT2D eigenvalue weighted by molar-refractivity contribution is -0.163. The lowest BCUT2D eigenvalue weighted by Gasteiger charge is -2.22. The van der Waals surface area contributed by atoms with E-state index in [4.69, 9.17) is 15.9 Å². The fourth-order valence-electron chi connectivity index (χ4n) is 0.592. The van der Waals surface area contributed by atoms with E-state index in [2.05, 4.69) is 5.92 Å². The summed E-state index contributed by atoms with van der Waals surface area (Å²) >= 11 is 0. The molecule has 0 saturated carbocycles. The highest BCUT2D eigenvalue weighted by atomic mass is 16.7. The van der Waals surface area contributed by atoms with E-state index >= 15 is 0 Å². The van der Waals surface area contributed by atoms with Crippen LogP contribution in [-0.2, 0) is 9.47 Å². The summed E-state index contributed by atoms with van der Waals surface area (Å²) in [5.41, 5.74) is 0. The molecular formula is C7H12O2. The molecule has 0 N–H and O–H groups in total. The van der Waals surface area contributed by atoms with Crippen LogP contribution in [0.3, 0.4) is 0 Å². The predicted octanol–water partition coefficient (Wildman–Crippen LogP) is 1.02. The van der Waals surface area contributed by atoms with E-state index in [-0.39, 0.29) is 0 Å². The van der Waals surface area contributed by atoms with Crippen LogP contribution in [0.1, 0.15) is 13.3 Å². The maximum atomic E-state index is 5.14. The van der Waals surface area contributed by atoms with Gasteiger partial charge in [0.05, 0.1) is 0 Å². The molecule has 0 fully saturated rings. The van der Waals surface area contributed by atoms with Crippen molar-refractivity contribution in [2.75, 3.05) is 14.2 Å². The van der Waals surface area contributed by atoms with Gasteiger partial charge in [-0.2, -0.15) is 0 Å². The second-order valence-corrected chi connectivity index (χ2v) is 1.66. The lowest BCUT2D eigenvalue weighted by Crippen LogP contribution is -2.30. The van der Waals surface area contributed by atoms with Crippen LogP contribution in [0.2, 0.25) is 0 Å². The zero-order valence-electron chi connectivity index (χ0n) is 6.10. The van der Waals surface area contributed by atoms with Gasteiger partial charge >= 0.3 is 0 Å². The van der Waals surface area contributed by atoms with E-state index in [9.17, 15) is 0 Å². The third kappa shape index (κ3) is 1.70. The van der Waals surface area contributed by atoms with E-state index < -0.39 is 5.79 Å². The van der Waals surface area contributed by atoms with Crippen molar-refractivity contribution >= 4 is 0 Å². The Labute approximate surface area is 56.2 Å². The molecule has 0 aliphatic heterocycles. The number of ether oxygens (including phenoxy) is 2. The Hall–Kier alpha value is -0.520. The number of terminal acetylenes is 1. The van der Waals surface area contributed by atoms with Gasteiger partial charge in [0.15, 0.2) is 0 Å². The highest BCUT2D eigenvalue weighted by molar-refractivity contribution is 5.01. The van der Waals surface area contributed by atoms with Gasteiger partial charge in [0.1, 0.15) is 0 Å². The van der Waals surface area contributed by atoms with Crippen LogP contribution >= 0.6 is 0 Å². The van der Waals surface area contributed by atoms with E-state index in [1.54, 1.807) is 0 Å². The maximum absolute atomic E-state index is 5.14. The average molecular weight is 128 g/mol. The largest absolute Gasteiger partial charge is 0.343 e. The van der Waals surface area contributed by atoms with Crippen LogP contribution < -0.4 is 0 Å². The van der Waals surface area contributed by atoms with Crippen LogP contribution in [0.5, 0.6) is 0 Å². The monoisotopic (exact) mass is 128 g/mol. The first-order valence-corrected chi connectivity index (χ1v) is 2.82. The molecule has 0 aliphatic rings. The third-order valence-electron chi connectivity index (χ3n) is 1.34. The molecule has 2 heteroatoms. The molecule has 9 heavy (non-hydrogen) atoms. The van der Waals surface area contributed by atoms with Crippen molar-refractivity contribution in [2.45, 2.75) is 19.1 Å². The molecular weight excluding hydrogens is 116 g/mol. The van der Waals surface area contributed by atoms with Gasteiger partial charge in [0.2, 0.25) is 5.79 Å². The summed E-state index contributed by atoms with van der Waals surface area (Å²) in [4.78, 5) is 0.